The van der Waals surface area contributed by atoms with Gasteiger partial charge in [0.25, 0.3) is 5.91 Å². The molecule has 2 aromatic heterocycles. The average molecular weight is 383 g/mol. The Hall–Kier alpha value is -2.80. The lowest BCUT2D eigenvalue weighted by Crippen LogP contribution is -2.41. The van der Waals surface area contributed by atoms with Crippen LogP contribution < -0.4 is 5.32 Å². The number of hydrogen-bond donors (Lipinski definition) is 2. The maximum atomic E-state index is 12.5. The van der Waals surface area contributed by atoms with Gasteiger partial charge in [0.05, 0.1) is 5.69 Å². The highest BCUT2D eigenvalue weighted by molar-refractivity contribution is 7.99. The summed E-state index contributed by atoms with van der Waals surface area (Å²) in [5.41, 5.74) is 2.83. The number of pyridine rings is 1. The number of benzene rings is 1. The van der Waals surface area contributed by atoms with Crippen LogP contribution in [-0.4, -0.2) is 43.9 Å². The summed E-state index contributed by atoms with van der Waals surface area (Å²) in [7, 11) is 0. The van der Waals surface area contributed by atoms with Crippen molar-refractivity contribution in [3.8, 4) is 11.3 Å². The number of carbonyl (C=O) groups is 2. The lowest BCUT2D eigenvalue weighted by atomic mass is 10.2. The van der Waals surface area contributed by atoms with Gasteiger partial charge < -0.3 is 14.8 Å². The molecule has 2 heterocycles. The molecule has 2 N–H and O–H groups in total. The maximum absolute atomic E-state index is 12.5. The van der Waals surface area contributed by atoms with E-state index in [4.69, 9.17) is 0 Å². The summed E-state index contributed by atoms with van der Waals surface area (Å²) in [5.74, 6) is 0.178. The molecule has 0 saturated heterocycles. The van der Waals surface area contributed by atoms with Crippen LogP contribution in [-0.2, 0) is 4.79 Å². The van der Waals surface area contributed by atoms with Crippen LogP contribution in [0.25, 0.3) is 16.9 Å². The summed E-state index contributed by atoms with van der Waals surface area (Å²) in [4.78, 5) is 28.5. The molecule has 0 aliphatic rings. The Labute approximate surface area is 161 Å². The second-order valence-electron chi connectivity index (χ2n) is 6.02. The van der Waals surface area contributed by atoms with Crippen LogP contribution in [0, 0.1) is 0 Å². The largest absolute Gasteiger partial charge is 0.480 e. The van der Waals surface area contributed by atoms with Gasteiger partial charge in [-0.2, -0.15) is 11.8 Å². The molecule has 0 aliphatic heterocycles. The minimum atomic E-state index is -1.02. The van der Waals surface area contributed by atoms with Crippen molar-refractivity contribution in [3.63, 3.8) is 0 Å². The van der Waals surface area contributed by atoms with Gasteiger partial charge in [-0.05, 0) is 30.1 Å². The quantitative estimate of drug-likeness (QED) is 0.583. The number of amides is 1. The molecule has 1 amide bonds. The normalized spacial score (nSPS) is 12.0. The molecule has 1 unspecified atom stereocenters. The van der Waals surface area contributed by atoms with E-state index in [9.17, 15) is 14.7 Å². The van der Waals surface area contributed by atoms with Crippen molar-refractivity contribution in [2.45, 2.75) is 19.4 Å². The Morgan fingerprint density at radius 2 is 2.04 bits per heavy atom. The topological polar surface area (TPSA) is 83.7 Å². The fourth-order valence-corrected chi connectivity index (χ4v) is 3.41. The van der Waals surface area contributed by atoms with Crippen molar-refractivity contribution >= 4 is 29.3 Å². The zero-order chi connectivity index (χ0) is 19.2. The Kier molecular flexibility index (Phi) is 6.13. The van der Waals surface area contributed by atoms with E-state index >= 15 is 0 Å². The second-order valence-corrected chi connectivity index (χ2v) is 7.42. The Morgan fingerprint density at radius 3 is 2.74 bits per heavy atom. The molecule has 1 aromatic carbocycles. The first-order chi connectivity index (χ1) is 13.1. The third-order valence-electron chi connectivity index (χ3n) is 4.15. The van der Waals surface area contributed by atoms with E-state index in [0.717, 1.165) is 17.0 Å². The number of nitrogens with one attached hydrogen (secondary N) is 1. The zero-order valence-electron chi connectivity index (χ0n) is 15.0. The Bertz CT molecular complexity index is 940. The number of fused-ring (bicyclic) bond motifs is 1. The number of thioether (sulfide) groups is 1. The van der Waals surface area contributed by atoms with Crippen LogP contribution in [0.15, 0.2) is 54.9 Å². The van der Waals surface area contributed by atoms with Crippen LogP contribution in [0.3, 0.4) is 0 Å². The van der Waals surface area contributed by atoms with Crippen LogP contribution in [0.2, 0.25) is 0 Å². The van der Waals surface area contributed by atoms with E-state index in [1.165, 1.54) is 0 Å². The molecule has 3 rings (SSSR count). The summed E-state index contributed by atoms with van der Waals surface area (Å²) in [6.07, 6.45) is 4.05. The fourth-order valence-electron chi connectivity index (χ4n) is 2.72. The molecule has 0 bridgehead atoms. The molecule has 1 atom stereocenters. The number of aromatic nitrogens is 2. The molecule has 0 fully saturated rings. The lowest BCUT2D eigenvalue weighted by molar-refractivity contribution is -0.139. The predicted molar refractivity (Wildman–Crippen MR) is 107 cm³/mol. The molecular weight excluding hydrogens is 362 g/mol. The zero-order valence-corrected chi connectivity index (χ0v) is 15.8. The van der Waals surface area contributed by atoms with Gasteiger partial charge in [0, 0.05) is 23.5 Å². The van der Waals surface area contributed by atoms with E-state index in [2.05, 4.69) is 10.3 Å². The third-order valence-corrected chi connectivity index (χ3v) is 5.08. The van der Waals surface area contributed by atoms with Crippen molar-refractivity contribution in [1.82, 2.24) is 14.7 Å². The van der Waals surface area contributed by atoms with Crippen molar-refractivity contribution in [2.24, 2.45) is 0 Å². The predicted octanol–water partition coefficient (Wildman–Crippen LogP) is 3.33. The van der Waals surface area contributed by atoms with Gasteiger partial charge >= 0.3 is 5.97 Å². The standard InChI is InChI=1S/C20H21N3O3S/c1-2-27-11-9-16(20(25)26)22-19(24)15-8-10-23-13-17(21-18(23)12-15)14-6-4-3-5-7-14/h3-8,10,12-13,16H,2,9,11H2,1H3,(H,22,24)(H,25,26). The van der Waals surface area contributed by atoms with Crippen molar-refractivity contribution in [3.05, 3.63) is 60.4 Å². The van der Waals surface area contributed by atoms with E-state index in [1.807, 2.05) is 47.9 Å². The maximum Gasteiger partial charge on any atom is 0.326 e. The first kappa shape index (κ1) is 19.0. The van der Waals surface area contributed by atoms with E-state index < -0.39 is 17.9 Å². The monoisotopic (exact) mass is 383 g/mol. The van der Waals surface area contributed by atoms with Crippen molar-refractivity contribution in [2.75, 3.05) is 11.5 Å². The number of carboxylic acids is 1. The number of aliphatic carboxylic acids is 1. The van der Waals surface area contributed by atoms with Crippen LogP contribution in [0.5, 0.6) is 0 Å². The summed E-state index contributed by atoms with van der Waals surface area (Å²) in [6.45, 7) is 2.02. The van der Waals surface area contributed by atoms with E-state index in [-0.39, 0.29) is 0 Å². The molecule has 0 saturated carbocycles. The molecule has 0 radical (unpaired) electrons. The van der Waals surface area contributed by atoms with Gasteiger partial charge in [-0.15, -0.1) is 0 Å². The molecule has 7 heteroatoms. The molecular formula is C20H21N3O3S. The molecule has 6 nitrogen and oxygen atoms in total. The van der Waals surface area contributed by atoms with Crippen molar-refractivity contribution < 1.29 is 14.7 Å². The van der Waals surface area contributed by atoms with Gasteiger partial charge in [0.15, 0.2) is 0 Å². The van der Waals surface area contributed by atoms with Crippen LogP contribution in [0.4, 0.5) is 0 Å². The molecule has 3 aromatic rings. The SMILES string of the molecule is CCSCCC(NC(=O)c1ccn2cc(-c3ccccc3)nc2c1)C(=O)O. The summed E-state index contributed by atoms with van der Waals surface area (Å²) < 4.78 is 1.84. The Morgan fingerprint density at radius 1 is 1.26 bits per heavy atom. The van der Waals surface area contributed by atoms with Crippen LogP contribution >= 0.6 is 11.8 Å². The number of imidazole rings is 1. The van der Waals surface area contributed by atoms with Gasteiger partial charge in [-0.25, -0.2) is 9.78 Å². The van der Waals surface area contributed by atoms with Crippen molar-refractivity contribution in [1.29, 1.82) is 0 Å². The third kappa shape index (κ3) is 4.68. The van der Waals surface area contributed by atoms with Crippen LogP contribution in [0.1, 0.15) is 23.7 Å². The smallest absolute Gasteiger partial charge is 0.326 e. The molecule has 140 valence electrons. The van der Waals surface area contributed by atoms with Gasteiger partial charge in [0.2, 0.25) is 0 Å². The first-order valence-electron chi connectivity index (χ1n) is 8.74. The van der Waals surface area contributed by atoms with Gasteiger partial charge in [-0.3, -0.25) is 4.79 Å². The fraction of sp³-hybridized carbons (Fsp3) is 0.250. The number of hydrogen-bond acceptors (Lipinski definition) is 4. The number of carboxylic acid groups (broad SMARTS) is 1. The lowest BCUT2D eigenvalue weighted by Gasteiger charge is -2.14. The highest BCUT2D eigenvalue weighted by Gasteiger charge is 2.20. The summed E-state index contributed by atoms with van der Waals surface area (Å²) in [5, 5.41) is 11.9. The average Bonchev–Trinajstić information content (AvgIpc) is 3.11. The van der Waals surface area contributed by atoms with Gasteiger partial charge in [0.1, 0.15) is 11.7 Å². The molecule has 0 spiro atoms. The molecule has 0 aliphatic carbocycles. The summed E-state index contributed by atoms with van der Waals surface area (Å²) in [6, 6.07) is 12.2. The number of carbonyl (C=O) groups excluding carboxylic acids is 1. The number of nitrogens with zero attached hydrogens (tertiary/aromatic N) is 2. The minimum absolute atomic E-state index is 0.391. The van der Waals surface area contributed by atoms with E-state index in [0.29, 0.717) is 23.4 Å². The Balaban J connectivity index is 1.77. The first-order valence-corrected chi connectivity index (χ1v) is 9.89. The molecule has 27 heavy (non-hydrogen) atoms. The second kappa shape index (κ2) is 8.73. The number of rotatable bonds is 8. The van der Waals surface area contributed by atoms with E-state index in [1.54, 1.807) is 30.1 Å². The van der Waals surface area contributed by atoms with Gasteiger partial charge in [-0.1, -0.05) is 37.3 Å². The minimum Gasteiger partial charge on any atom is -0.480 e. The highest BCUT2D eigenvalue weighted by atomic mass is 32.2. The summed E-state index contributed by atoms with van der Waals surface area (Å²) >= 11 is 1.65. The highest BCUT2D eigenvalue weighted by Crippen LogP contribution is 2.19.